The fourth-order valence-corrected chi connectivity index (χ4v) is 2.63. The van der Waals surface area contributed by atoms with Crippen molar-refractivity contribution in [3.63, 3.8) is 0 Å². The van der Waals surface area contributed by atoms with E-state index < -0.39 is 6.36 Å². The summed E-state index contributed by atoms with van der Waals surface area (Å²) >= 11 is 0. The minimum atomic E-state index is -4.73. The van der Waals surface area contributed by atoms with Gasteiger partial charge in [0.15, 0.2) is 0 Å². The van der Waals surface area contributed by atoms with Gasteiger partial charge in [0.2, 0.25) is 5.91 Å². The highest BCUT2D eigenvalue weighted by Crippen LogP contribution is 2.22. The largest absolute Gasteiger partial charge is 0.573 e. The molecular weight excluding hydrogens is 375 g/mol. The third kappa shape index (κ3) is 5.09. The maximum Gasteiger partial charge on any atom is 0.573 e. The molecule has 0 spiro atoms. The van der Waals surface area contributed by atoms with E-state index in [1.807, 2.05) is 0 Å². The van der Waals surface area contributed by atoms with Gasteiger partial charge >= 0.3 is 6.36 Å². The Hall–Kier alpha value is -3.36. The van der Waals surface area contributed by atoms with E-state index in [1.54, 1.807) is 24.3 Å². The molecule has 1 amide bonds. The third-order valence-electron chi connectivity index (χ3n) is 3.94. The number of amides is 1. The second-order valence-electron chi connectivity index (χ2n) is 5.99. The molecule has 0 fully saturated rings. The minimum absolute atomic E-state index is 0.172. The van der Waals surface area contributed by atoms with Crippen LogP contribution < -0.4 is 15.6 Å². The van der Waals surface area contributed by atoms with Gasteiger partial charge in [-0.05, 0) is 36.2 Å². The standard InChI is InChI=1S/C19H16F3N3O3/c20-19(21,22)28-14-7-5-13(6-8-14)9-10-23-17(26)11-25-12-24-16-4-2-1-3-15(16)18(25)27/h1-8,12H,9-11H2,(H,23,26). The van der Waals surface area contributed by atoms with Crippen LogP contribution in [0.2, 0.25) is 0 Å². The average molecular weight is 391 g/mol. The first-order chi connectivity index (χ1) is 13.3. The van der Waals surface area contributed by atoms with Crippen LogP contribution in [0.5, 0.6) is 5.75 Å². The number of para-hydroxylation sites is 1. The van der Waals surface area contributed by atoms with E-state index in [-0.39, 0.29) is 30.3 Å². The van der Waals surface area contributed by atoms with Crippen molar-refractivity contribution in [2.24, 2.45) is 0 Å². The van der Waals surface area contributed by atoms with Gasteiger partial charge in [-0.25, -0.2) is 4.98 Å². The Balaban J connectivity index is 1.52. The van der Waals surface area contributed by atoms with E-state index in [0.717, 1.165) is 5.56 Å². The summed E-state index contributed by atoms with van der Waals surface area (Å²) in [5.74, 6) is -0.667. The van der Waals surface area contributed by atoms with E-state index in [9.17, 15) is 22.8 Å². The second kappa shape index (κ2) is 8.12. The second-order valence-corrected chi connectivity index (χ2v) is 5.99. The number of rotatable bonds is 6. The molecule has 3 aromatic rings. The first-order valence-corrected chi connectivity index (χ1v) is 8.37. The Kier molecular flexibility index (Phi) is 5.62. The van der Waals surface area contributed by atoms with E-state index in [2.05, 4.69) is 15.0 Å². The molecule has 1 N–H and O–H groups in total. The topological polar surface area (TPSA) is 73.2 Å². The lowest BCUT2D eigenvalue weighted by Gasteiger charge is -2.10. The number of ether oxygens (including phenoxy) is 1. The number of nitrogens with one attached hydrogen (secondary N) is 1. The van der Waals surface area contributed by atoms with Crippen LogP contribution in [0.3, 0.4) is 0 Å². The SMILES string of the molecule is O=C(Cn1cnc2ccccc2c1=O)NCCc1ccc(OC(F)(F)F)cc1. The number of nitrogens with zero attached hydrogens (tertiary/aromatic N) is 2. The van der Waals surface area contributed by atoms with Gasteiger partial charge in [-0.3, -0.25) is 14.2 Å². The molecule has 0 radical (unpaired) electrons. The molecule has 6 nitrogen and oxygen atoms in total. The molecule has 0 aliphatic heterocycles. The summed E-state index contributed by atoms with van der Waals surface area (Å²) in [5.41, 5.74) is 0.988. The number of carbonyl (C=O) groups is 1. The van der Waals surface area contributed by atoms with Gasteiger partial charge in [-0.2, -0.15) is 0 Å². The van der Waals surface area contributed by atoms with Crippen LogP contribution in [0.4, 0.5) is 13.2 Å². The number of hydrogen-bond acceptors (Lipinski definition) is 4. The van der Waals surface area contributed by atoms with Gasteiger partial charge in [-0.1, -0.05) is 24.3 Å². The highest BCUT2D eigenvalue weighted by molar-refractivity contribution is 5.78. The third-order valence-corrected chi connectivity index (χ3v) is 3.94. The Morgan fingerprint density at radius 1 is 1.11 bits per heavy atom. The molecular formula is C19H16F3N3O3. The van der Waals surface area contributed by atoms with Gasteiger partial charge in [0.05, 0.1) is 17.2 Å². The van der Waals surface area contributed by atoms with Crippen LogP contribution in [-0.2, 0) is 17.8 Å². The fourth-order valence-electron chi connectivity index (χ4n) is 2.63. The summed E-state index contributed by atoms with van der Waals surface area (Å²) in [6.07, 6.45) is -2.99. The lowest BCUT2D eigenvalue weighted by molar-refractivity contribution is -0.274. The van der Waals surface area contributed by atoms with Crippen LogP contribution in [-0.4, -0.2) is 28.4 Å². The summed E-state index contributed by atoms with van der Waals surface area (Å²) in [6, 6.07) is 12.3. The number of fused-ring (bicyclic) bond motifs is 1. The van der Waals surface area contributed by atoms with Crippen LogP contribution in [0.1, 0.15) is 5.56 Å². The van der Waals surface area contributed by atoms with E-state index in [0.29, 0.717) is 17.3 Å². The van der Waals surface area contributed by atoms with Crippen molar-refractivity contribution in [3.05, 3.63) is 70.8 Å². The van der Waals surface area contributed by atoms with Crippen LogP contribution >= 0.6 is 0 Å². The molecule has 28 heavy (non-hydrogen) atoms. The number of aromatic nitrogens is 2. The first-order valence-electron chi connectivity index (χ1n) is 8.37. The Morgan fingerprint density at radius 2 is 1.82 bits per heavy atom. The van der Waals surface area contributed by atoms with Crippen molar-refractivity contribution in [2.75, 3.05) is 6.54 Å². The molecule has 146 valence electrons. The molecule has 0 aliphatic carbocycles. The molecule has 2 aromatic carbocycles. The smallest absolute Gasteiger partial charge is 0.406 e. The lowest BCUT2D eigenvalue weighted by atomic mass is 10.1. The zero-order chi connectivity index (χ0) is 20.1. The average Bonchev–Trinajstić information content (AvgIpc) is 2.64. The molecule has 1 heterocycles. The van der Waals surface area contributed by atoms with Crippen molar-refractivity contribution in [3.8, 4) is 5.75 Å². The van der Waals surface area contributed by atoms with Crippen LogP contribution in [0, 0.1) is 0 Å². The monoisotopic (exact) mass is 391 g/mol. The summed E-state index contributed by atoms with van der Waals surface area (Å²) in [5, 5.41) is 3.10. The van der Waals surface area contributed by atoms with Crippen molar-refractivity contribution in [2.45, 2.75) is 19.3 Å². The summed E-state index contributed by atoms with van der Waals surface area (Å²) < 4.78 is 41.4. The molecule has 0 saturated heterocycles. The number of alkyl halides is 3. The lowest BCUT2D eigenvalue weighted by Crippen LogP contribution is -2.33. The molecule has 0 unspecified atom stereocenters. The first kappa shape index (κ1) is 19.4. The molecule has 0 saturated carbocycles. The van der Waals surface area contributed by atoms with Crippen molar-refractivity contribution >= 4 is 16.8 Å². The van der Waals surface area contributed by atoms with Gasteiger partial charge in [0.1, 0.15) is 12.3 Å². The fraction of sp³-hybridized carbons (Fsp3) is 0.211. The van der Waals surface area contributed by atoms with Crippen molar-refractivity contribution in [1.82, 2.24) is 14.9 Å². The molecule has 0 aliphatic rings. The van der Waals surface area contributed by atoms with Crippen LogP contribution in [0.25, 0.3) is 10.9 Å². The van der Waals surface area contributed by atoms with E-state index in [4.69, 9.17) is 0 Å². The van der Waals surface area contributed by atoms with Gasteiger partial charge in [0, 0.05) is 6.54 Å². The maximum absolute atomic E-state index is 12.3. The zero-order valence-electron chi connectivity index (χ0n) is 14.6. The Bertz CT molecular complexity index is 1030. The highest BCUT2D eigenvalue weighted by atomic mass is 19.4. The quantitative estimate of drug-likeness (QED) is 0.701. The summed E-state index contributed by atoms with van der Waals surface area (Å²) in [6.45, 7) is 0.100. The van der Waals surface area contributed by atoms with Gasteiger partial charge in [0.25, 0.3) is 5.56 Å². The predicted molar refractivity (Wildman–Crippen MR) is 95.8 cm³/mol. The number of halogens is 3. The summed E-state index contributed by atoms with van der Waals surface area (Å²) in [4.78, 5) is 28.5. The maximum atomic E-state index is 12.3. The minimum Gasteiger partial charge on any atom is -0.406 e. The van der Waals surface area contributed by atoms with Gasteiger partial charge < -0.3 is 10.1 Å². The summed E-state index contributed by atoms with van der Waals surface area (Å²) in [7, 11) is 0. The number of hydrogen-bond donors (Lipinski definition) is 1. The van der Waals surface area contributed by atoms with Crippen molar-refractivity contribution < 1.29 is 22.7 Å². The molecule has 9 heteroatoms. The number of carbonyl (C=O) groups excluding carboxylic acids is 1. The predicted octanol–water partition coefficient (Wildman–Crippen LogP) is 2.65. The van der Waals surface area contributed by atoms with Gasteiger partial charge in [-0.15, -0.1) is 13.2 Å². The highest BCUT2D eigenvalue weighted by Gasteiger charge is 2.30. The Labute approximate surface area is 157 Å². The molecule has 1 aromatic heterocycles. The van der Waals surface area contributed by atoms with Crippen molar-refractivity contribution in [1.29, 1.82) is 0 Å². The normalized spacial score (nSPS) is 11.4. The van der Waals surface area contributed by atoms with E-state index in [1.165, 1.54) is 35.2 Å². The molecule has 3 rings (SSSR count). The Morgan fingerprint density at radius 3 is 2.54 bits per heavy atom. The number of benzene rings is 2. The molecule has 0 atom stereocenters. The molecule has 0 bridgehead atoms. The van der Waals surface area contributed by atoms with Crippen LogP contribution in [0.15, 0.2) is 59.7 Å². The van der Waals surface area contributed by atoms with E-state index >= 15 is 0 Å². The zero-order valence-corrected chi connectivity index (χ0v) is 14.6.